The maximum Gasteiger partial charge on any atom is 0.147 e. The van der Waals surface area contributed by atoms with Gasteiger partial charge in [0, 0.05) is 23.8 Å². The molecular weight excluding hydrogens is 235 g/mol. The van der Waals surface area contributed by atoms with E-state index in [1.165, 1.54) is 6.20 Å². The topological polar surface area (TPSA) is 45.6 Å². The van der Waals surface area contributed by atoms with Crippen molar-refractivity contribution in [3.63, 3.8) is 0 Å². The number of hydrogen-bond acceptors (Lipinski definition) is 4. The largest absolute Gasteiger partial charge is 0.385 e. The Morgan fingerprint density at radius 2 is 2.11 bits per heavy atom. The van der Waals surface area contributed by atoms with Gasteiger partial charge in [0.15, 0.2) is 0 Å². The zero-order valence-corrected chi connectivity index (χ0v) is 10.3. The molecule has 2 bridgehead atoms. The standard InChI is InChI=1S/C13H17FN2O2/c1-16-9-4-13(17,5-10(16)8-18-7-9)11-2-3-15-6-12(11)14/h2-3,6,9-10,17H,4-5,7-8H2,1H3. The second-order valence-corrected chi connectivity index (χ2v) is 5.31. The van der Waals surface area contributed by atoms with Crippen LogP contribution in [0.5, 0.6) is 0 Å². The first-order valence-electron chi connectivity index (χ1n) is 6.22. The molecule has 4 nitrogen and oxygen atoms in total. The van der Waals surface area contributed by atoms with E-state index in [9.17, 15) is 9.50 Å². The Morgan fingerprint density at radius 3 is 2.72 bits per heavy atom. The van der Waals surface area contributed by atoms with Gasteiger partial charge < -0.3 is 9.84 Å². The van der Waals surface area contributed by atoms with Gasteiger partial charge in [0.2, 0.25) is 0 Å². The Kier molecular flexibility index (Phi) is 2.84. The van der Waals surface area contributed by atoms with Crippen LogP contribution in [0.15, 0.2) is 18.5 Å². The third kappa shape index (κ3) is 1.83. The fourth-order valence-corrected chi connectivity index (χ4v) is 3.11. The van der Waals surface area contributed by atoms with Gasteiger partial charge in [-0.2, -0.15) is 0 Å². The zero-order chi connectivity index (χ0) is 12.8. The van der Waals surface area contributed by atoms with Crippen molar-refractivity contribution in [2.75, 3.05) is 20.3 Å². The highest BCUT2D eigenvalue weighted by molar-refractivity contribution is 5.23. The van der Waals surface area contributed by atoms with Crippen molar-refractivity contribution < 1.29 is 14.2 Å². The molecule has 3 rings (SSSR count). The Balaban J connectivity index is 1.94. The normalized spacial score (nSPS) is 36.6. The molecule has 0 amide bonds. The molecule has 0 spiro atoms. The minimum absolute atomic E-state index is 0.148. The zero-order valence-electron chi connectivity index (χ0n) is 10.3. The highest BCUT2D eigenvalue weighted by Crippen LogP contribution is 2.40. The maximum atomic E-state index is 13.8. The SMILES string of the molecule is CN1C2COCC1CC(O)(c1ccncc1F)C2. The van der Waals surface area contributed by atoms with Crippen molar-refractivity contribution in [2.24, 2.45) is 0 Å². The quantitative estimate of drug-likeness (QED) is 0.806. The summed E-state index contributed by atoms with van der Waals surface area (Å²) in [6.45, 7) is 1.20. The van der Waals surface area contributed by atoms with Gasteiger partial charge in [-0.05, 0) is 26.0 Å². The van der Waals surface area contributed by atoms with Gasteiger partial charge in [-0.15, -0.1) is 0 Å². The van der Waals surface area contributed by atoms with Crippen molar-refractivity contribution in [3.05, 3.63) is 29.8 Å². The molecule has 0 saturated carbocycles. The fraction of sp³-hybridized carbons (Fsp3) is 0.615. The number of nitrogens with zero attached hydrogens (tertiary/aromatic N) is 2. The van der Waals surface area contributed by atoms with Gasteiger partial charge in [0.1, 0.15) is 5.82 Å². The number of morpholine rings is 1. The van der Waals surface area contributed by atoms with Crippen LogP contribution in [-0.4, -0.2) is 47.3 Å². The molecule has 18 heavy (non-hydrogen) atoms. The van der Waals surface area contributed by atoms with Crippen molar-refractivity contribution >= 4 is 0 Å². The van der Waals surface area contributed by atoms with Gasteiger partial charge in [0.25, 0.3) is 0 Å². The summed E-state index contributed by atoms with van der Waals surface area (Å²) in [5.41, 5.74) is -0.735. The summed E-state index contributed by atoms with van der Waals surface area (Å²) in [6.07, 6.45) is 3.70. The smallest absolute Gasteiger partial charge is 0.147 e. The average Bonchev–Trinajstić information content (AvgIpc) is 2.32. The van der Waals surface area contributed by atoms with Crippen LogP contribution in [0.1, 0.15) is 18.4 Å². The van der Waals surface area contributed by atoms with E-state index in [0.29, 0.717) is 31.6 Å². The van der Waals surface area contributed by atoms with Gasteiger partial charge in [-0.1, -0.05) is 0 Å². The first-order valence-corrected chi connectivity index (χ1v) is 6.22. The number of rotatable bonds is 1. The number of pyridine rings is 1. The van der Waals surface area contributed by atoms with Crippen LogP contribution >= 0.6 is 0 Å². The number of piperidine rings is 1. The Morgan fingerprint density at radius 1 is 1.44 bits per heavy atom. The van der Waals surface area contributed by atoms with E-state index < -0.39 is 11.4 Å². The molecule has 0 radical (unpaired) electrons. The molecular formula is C13H17FN2O2. The molecule has 0 aromatic carbocycles. The van der Waals surface area contributed by atoms with E-state index in [0.717, 1.165) is 6.20 Å². The average molecular weight is 252 g/mol. The Bertz CT molecular complexity index is 440. The molecule has 2 fully saturated rings. The van der Waals surface area contributed by atoms with Crippen molar-refractivity contribution in [1.29, 1.82) is 0 Å². The summed E-state index contributed by atoms with van der Waals surface area (Å²) in [4.78, 5) is 5.97. The number of likely N-dealkylation sites (N-methyl/N-ethyl adjacent to an activating group) is 1. The van der Waals surface area contributed by atoms with Gasteiger partial charge in [0.05, 0.1) is 25.0 Å². The van der Waals surface area contributed by atoms with Crippen LogP contribution in [0.3, 0.4) is 0 Å². The molecule has 1 N–H and O–H groups in total. The second kappa shape index (κ2) is 4.26. The number of aromatic nitrogens is 1. The van der Waals surface area contributed by atoms with Crippen molar-refractivity contribution in [3.8, 4) is 0 Å². The molecule has 0 aliphatic carbocycles. The first-order chi connectivity index (χ1) is 8.60. The molecule has 2 aliphatic heterocycles. The van der Waals surface area contributed by atoms with Crippen LogP contribution in [-0.2, 0) is 10.3 Å². The maximum absolute atomic E-state index is 13.8. The van der Waals surface area contributed by atoms with Crippen LogP contribution in [0, 0.1) is 5.82 Å². The highest BCUT2D eigenvalue weighted by atomic mass is 19.1. The monoisotopic (exact) mass is 252 g/mol. The van der Waals surface area contributed by atoms with E-state index >= 15 is 0 Å². The number of fused-ring (bicyclic) bond motifs is 2. The van der Waals surface area contributed by atoms with Crippen LogP contribution < -0.4 is 0 Å². The summed E-state index contributed by atoms with van der Waals surface area (Å²) in [5, 5.41) is 10.8. The third-order valence-electron chi connectivity index (χ3n) is 4.19. The minimum Gasteiger partial charge on any atom is -0.385 e. The summed E-state index contributed by atoms with van der Waals surface area (Å²) < 4.78 is 19.3. The van der Waals surface area contributed by atoms with Crippen LogP contribution in [0.2, 0.25) is 0 Å². The summed E-state index contributed by atoms with van der Waals surface area (Å²) in [6, 6.07) is 1.88. The first kappa shape index (κ1) is 12.0. The molecule has 1 aromatic heterocycles. The second-order valence-electron chi connectivity index (χ2n) is 5.31. The third-order valence-corrected chi connectivity index (χ3v) is 4.19. The molecule has 98 valence electrons. The summed E-state index contributed by atoms with van der Waals surface area (Å²) >= 11 is 0. The Hall–Kier alpha value is -1.04. The fourth-order valence-electron chi connectivity index (χ4n) is 3.11. The lowest BCUT2D eigenvalue weighted by atomic mass is 9.77. The van der Waals surface area contributed by atoms with Gasteiger partial charge >= 0.3 is 0 Å². The molecule has 1 aromatic rings. The predicted molar refractivity (Wildman–Crippen MR) is 63.5 cm³/mol. The molecule has 2 unspecified atom stereocenters. The van der Waals surface area contributed by atoms with Crippen LogP contribution in [0.25, 0.3) is 0 Å². The van der Waals surface area contributed by atoms with E-state index in [1.807, 2.05) is 7.05 Å². The molecule has 5 heteroatoms. The van der Waals surface area contributed by atoms with E-state index in [4.69, 9.17) is 4.74 Å². The number of hydrogen-bond donors (Lipinski definition) is 1. The number of aliphatic hydroxyl groups is 1. The highest BCUT2D eigenvalue weighted by Gasteiger charge is 2.46. The van der Waals surface area contributed by atoms with E-state index in [-0.39, 0.29) is 12.1 Å². The Labute approximate surface area is 105 Å². The molecule has 2 aliphatic rings. The number of ether oxygens (including phenoxy) is 1. The number of halogens is 1. The summed E-state index contributed by atoms with van der Waals surface area (Å²) in [7, 11) is 2.04. The van der Waals surface area contributed by atoms with E-state index in [1.54, 1.807) is 6.07 Å². The molecule has 2 atom stereocenters. The minimum atomic E-state index is -1.10. The molecule has 3 heterocycles. The van der Waals surface area contributed by atoms with Gasteiger partial charge in [-0.3, -0.25) is 9.88 Å². The predicted octanol–water partition coefficient (Wildman–Crippen LogP) is 0.901. The van der Waals surface area contributed by atoms with Crippen molar-refractivity contribution in [1.82, 2.24) is 9.88 Å². The van der Waals surface area contributed by atoms with Crippen molar-refractivity contribution in [2.45, 2.75) is 30.5 Å². The molecule has 2 saturated heterocycles. The van der Waals surface area contributed by atoms with Gasteiger partial charge in [-0.25, -0.2) is 4.39 Å². The lowest BCUT2D eigenvalue weighted by Crippen LogP contribution is -2.59. The van der Waals surface area contributed by atoms with E-state index in [2.05, 4.69) is 9.88 Å². The lowest BCUT2D eigenvalue weighted by molar-refractivity contribution is -0.138. The lowest BCUT2D eigenvalue weighted by Gasteiger charge is -2.50. The summed E-state index contributed by atoms with van der Waals surface area (Å²) in [5.74, 6) is -0.427. The van der Waals surface area contributed by atoms with Crippen LogP contribution in [0.4, 0.5) is 4.39 Å².